The predicted octanol–water partition coefficient (Wildman–Crippen LogP) is 3.63. The number of amides is 2. The number of aryl methyl sites for hydroxylation is 2. The average molecular weight is 419 g/mol. The van der Waals surface area contributed by atoms with Crippen molar-refractivity contribution in [1.82, 2.24) is 0 Å². The van der Waals surface area contributed by atoms with Crippen LogP contribution in [0.5, 0.6) is 0 Å². The lowest BCUT2D eigenvalue weighted by Crippen LogP contribution is -2.28. The van der Waals surface area contributed by atoms with Crippen LogP contribution in [0.2, 0.25) is 5.02 Å². The number of nitrogens with zero attached hydrogens (tertiary/aromatic N) is 1. The highest BCUT2D eigenvalue weighted by atomic mass is 35.5. The summed E-state index contributed by atoms with van der Waals surface area (Å²) in [5.41, 5.74) is 2.33. The number of halogens is 2. The first kappa shape index (κ1) is 20.8. The number of nitrogens with one attached hydrogen (secondary N) is 1. The number of carbonyl (C=O) groups is 3. The summed E-state index contributed by atoms with van der Waals surface area (Å²) in [4.78, 5) is 37.8. The monoisotopic (exact) mass is 418 g/mol. The fourth-order valence-corrected chi connectivity index (χ4v) is 3.64. The Morgan fingerprint density at radius 3 is 2.69 bits per heavy atom. The summed E-state index contributed by atoms with van der Waals surface area (Å²) in [5, 5.41) is 3.02. The van der Waals surface area contributed by atoms with Crippen molar-refractivity contribution in [3.8, 4) is 0 Å². The minimum Gasteiger partial charge on any atom is -0.455 e. The number of esters is 1. The van der Waals surface area contributed by atoms with Crippen LogP contribution in [0.4, 0.5) is 15.8 Å². The van der Waals surface area contributed by atoms with Crippen LogP contribution in [0.25, 0.3) is 0 Å². The van der Waals surface area contributed by atoms with E-state index in [0.717, 1.165) is 11.1 Å². The summed E-state index contributed by atoms with van der Waals surface area (Å²) < 4.78 is 19.0. The van der Waals surface area contributed by atoms with Gasteiger partial charge in [-0.15, -0.1) is 0 Å². The Hall–Kier alpha value is -2.93. The minimum absolute atomic E-state index is 0.00309. The van der Waals surface area contributed by atoms with Gasteiger partial charge in [0.1, 0.15) is 5.82 Å². The lowest BCUT2D eigenvalue weighted by Gasteiger charge is -2.17. The Kier molecular flexibility index (Phi) is 6.17. The Morgan fingerprint density at radius 1 is 1.28 bits per heavy atom. The average Bonchev–Trinajstić information content (AvgIpc) is 3.04. The zero-order chi connectivity index (χ0) is 21.1. The molecular formula is C21H20ClFN2O4. The summed E-state index contributed by atoms with van der Waals surface area (Å²) in [6, 6.07) is 9.44. The van der Waals surface area contributed by atoms with Crippen molar-refractivity contribution in [1.29, 1.82) is 0 Å². The number of hydrogen-bond donors (Lipinski definition) is 1. The Morgan fingerprint density at radius 2 is 2.00 bits per heavy atom. The Bertz CT molecular complexity index is 956. The van der Waals surface area contributed by atoms with E-state index in [9.17, 15) is 18.8 Å². The largest absolute Gasteiger partial charge is 0.455 e. The summed E-state index contributed by atoms with van der Waals surface area (Å²) in [7, 11) is 0. The van der Waals surface area contributed by atoms with Crippen LogP contribution >= 0.6 is 11.6 Å². The minimum atomic E-state index is -0.764. The molecule has 1 atom stereocenters. The summed E-state index contributed by atoms with van der Waals surface area (Å²) in [6.07, 6.45) is -0.0995. The molecule has 6 nitrogen and oxygen atoms in total. The topological polar surface area (TPSA) is 75.7 Å². The van der Waals surface area contributed by atoms with Gasteiger partial charge in [-0.3, -0.25) is 14.4 Å². The molecule has 0 spiro atoms. The van der Waals surface area contributed by atoms with Crippen LogP contribution in [0.15, 0.2) is 36.4 Å². The molecule has 8 heteroatoms. The molecule has 152 valence electrons. The molecule has 0 saturated carbocycles. The van der Waals surface area contributed by atoms with Crippen molar-refractivity contribution in [2.75, 3.05) is 23.4 Å². The van der Waals surface area contributed by atoms with Crippen molar-refractivity contribution in [2.45, 2.75) is 20.3 Å². The first-order valence-electron chi connectivity index (χ1n) is 9.04. The van der Waals surface area contributed by atoms with Gasteiger partial charge in [0.15, 0.2) is 6.61 Å². The molecule has 3 rings (SSSR count). The SMILES string of the molecule is Cc1cc(C)c(NC(=O)COC(=O)[C@@H]2CC(=O)N(c3ccccc3F)C2)c(Cl)c1. The maximum Gasteiger partial charge on any atom is 0.311 e. The van der Waals surface area contributed by atoms with Gasteiger partial charge in [0.25, 0.3) is 5.91 Å². The van der Waals surface area contributed by atoms with Crippen LogP contribution in [0.1, 0.15) is 17.5 Å². The quantitative estimate of drug-likeness (QED) is 0.752. The molecule has 2 amide bonds. The molecule has 0 aliphatic carbocycles. The van der Waals surface area contributed by atoms with E-state index < -0.39 is 30.2 Å². The summed E-state index contributed by atoms with van der Waals surface area (Å²) in [5.74, 6) is -2.90. The van der Waals surface area contributed by atoms with Gasteiger partial charge in [0, 0.05) is 13.0 Å². The first-order chi connectivity index (χ1) is 13.8. The van der Waals surface area contributed by atoms with Gasteiger partial charge in [0.2, 0.25) is 5.91 Å². The third-order valence-electron chi connectivity index (χ3n) is 4.64. The maximum absolute atomic E-state index is 13.9. The van der Waals surface area contributed by atoms with Crippen LogP contribution in [-0.2, 0) is 19.1 Å². The van der Waals surface area contributed by atoms with Crippen molar-refractivity contribution >= 4 is 40.8 Å². The number of ether oxygens (including phenoxy) is 1. The van der Waals surface area contributed by atoms with Gasteiger partial charge in [-0.25, -0.2) is 4.39 Å². The molecule has 2 aromatic rings. The van der Waals surface area contributed by atoms with Gasteiger partial charge in [-0.1, -0.05) is 29.8 Å². The molecule has 29 heavy (non-hydrogen) atoms. The number of benzene rings is 2. The number of carbonyl (C=O) groups excluding carboxylic acids is 3. The highest BCUT2D eigenvalue weighted by Crippen LogP contribution is 2.29. The van der Waals surface area contributed by atoms with E-state index in [1.54, 1.807) is 12.1 Å². The molecule has 1 heterocycles. The molecule has 1 fully saturated rings. The highest BCUT2D eigenvalue weighted by Gasteiger charge is 2.37. The van der Waals surface area contributed by atoms with E-state index >= 15 is 0 Å². The summed E-state index contributed by atoms with van der Waals surface area (Å²) in [6.45, 7) is 3.19. The highest BCUT2D eigenvalue weighted by molar-refractivity contribution is 6.34. The van der Waals surface area contributed by atoms with Gasteiger partial charge in [-0.2, -0.15) is 0 Å². The first-order valence-corrected chi connectivity index (χ1v) is 9.42. The molecule has 1 aliphatic rings. The van der Waals surface area contributed by atoms with E-state index in [4.69, 9.17) is 16.3 Å². The summed E-state index contributed by atoms with van der Waals surface area (Å²) >= 11 is 6.15. The zero-order valence-corrected chi connectivity index (χ0v) is 16.8. The van der Waals surface area contributed by atoms with Crippen LogP contribution < -0.4 is 10.2 Å². The van der Waals surface area contributed by atoms with E-state index in [1.165, 1.54) is 23.1 Å². The normalized spacial score (nSPS) is 16.1. The molecule has 1 aliphatic heterocycles. The van der Waals surface area contributed by atoms with Gasteiger partial charge in [-0.05, 0) is 43.2 Å². The third-order valence-corrected chi connectivity index (χ3v) is 4.94. The van der Waals surface area contributed by atoms with E-state index in [0.29, 0.717) is 10.7 Å². The van der Waals surface area contributed by atoms with Crippen molar-refractivity contribution < 1.29 is 23.5 Å². The maximum atomic E-state index is 13.9. The number of rotatable bonds is 5. The second-order valence-corrected chi connectivity index (χ2v) is 7.36. The molecule has 1 N–H and O–H groups in total. The molecule has 0 unspecified atom stereocenters. The second kappa shape index (κ2) is 8.61. The molecule has 0 aromatic heterocycles. The fraction of sp³-hybridized carbons (Fsp3) is 0.286. The van der Waals surface area contributed by atoms with Crippen molar-refractivity contribution in [3.05, 3.63) is 58.4 Å². The molecule has 2 aromatic carbocycles. The smallest absolute Gasteiger partial charge is 0.311 e. The van der Waals surface area contributed by atoms with Crippen LogP contribution in [0, 0.1) is 25.6 Å². The van der Waals surface area contributed by atoms with Gasteiger partial charge < -0.3 is 15.0 Å². The Labute approximate surface area is 172 Å². The van der Waals surface area contributed by atoms with E-state index in [1.807, 2.05) is 19.9 Å². The number of para-hydroxylation sites is 1. The molecule has 0 bridgehead atoms. The molecule has 0 radical (unpaired) electrons. The van der Waals surface area contributed by atoms with Gasteiger partial charge in [0.05, 0.1) is 22.3 Å². The Balaban J connectivity index is 1.57. The zero-order valence-electron chi connectivity index (χ0n) is 16.0. The van der Waals surface area contributed by atoms with Crippen LogP contribution in [0.3, 0.4) is 0 Å². The molecule has 1 saturated heterocycles. The lowest BCUT2D eigenvalue weighted by molar-refractivity contribution is -0.151. The lowest BCUT2D eigenvalue weighted by atomic mass is 10.1. The number of hydrogen-bond acceptors (Lipinski definition) is 4. The molecular weight excluding hydrogens is 399 g/mol. The predicted molar refractivity (Wildman–Crippen MR) is 107 cm³/mol. The van der Waals surface area contributed by atoms with E-state index in [2.05, 4.69) is 5.32 Å². The third kappa shape index (κ3) is 4.74. The van der Waals surface area contributed by atoms with Gasteiger partial charge >= 0.3 is 5.97 Å². The number of anilines is 2. The fourth-order valence-electron chi connectivity index (χ4n) is 3.27. The van der Waals surface area contributed by atoms with Crippen LogP contribution in [-0.4, -0.2) is 30.9 Å². The van der Waals surface area contributed by atoms with E-state index in [-0.39, 0.29) is 24.6 Å². The second-order valence-electron chi connectivity index (χ2n) is 6.95. The van der Waals surface area contributed by atoms with Crippen molar-refractivity contribution in [3.63, 3.8) is 0 Å². The van der Waals surface area contributed by atoms with Crippen molar-refractivity contribution in [2.24, 2.45) is 5.92 Å². The standard InChI is InChI=1S/C21H20ClFN2O4/c1-12-7-13(2)20(15(22)8-12)24-18(26)11-29-21(28)14-9-19(27)25(10-14)17-6-4-3-5-16(17)23/h3-8,14H,9-11H2,1-2H3,(H,24,26)/t14-/m1/s1.